The van der Waals surface area contributed by atoms with Gasteiger partial charge in [0.25, 0.3) is 0 Å². The lowest BCUT2D eigenvalue weighted by atomic mass is 9.70. The zero-order valence-electron chi connectivity index (χ0n) is 10.5. The van der Waals surface area contributed by atoms with Crippen LogP contribution in [-0.2, 0) is 7.05 Å². The third kappa shape index (κ3) is 2.11. The number of aryl methyl sites for hydroxylation is 2. The summed E-state index contributed by atoms with van der Waals surface area (Å²) < 4.78 is 1.55. The molecule has 1 aromatic heterocycles. The third-order valence-corrected chi connectivity index (χ3v) is 3.62. The molecule has 1 aliphatic rings. The van der Waals surface area contributed by atoms with Crippen molar-refractivity contribution >= 4 is 11.5 Å². The normalized spacial score (nSPS) is 17.6. The van der Waals surface area contributed by atoms with Crippen molar-refractivity contribution in [2.75, 3.05) is 11.9 Å². The standard InChI is InChI=1S/C11H18N4O2/c1-8-9(15(16)17)10(14(3)13-8)12-7-11(2)5-4-6-11/h12H,4-7H2,1-3H3. The topological polar surface area (TPSA) is 73.0 Å². The molecule has 0 aliphatic heterocycles. The summed E-state index contributed by atoms with van der Waals surface area (Å²) in [6.07, 6.45) is 3.62. The Morgan fingerprint density at radius 3 is 2.71 bits per heavy atom. The van der Waals surface area contributed by atoms with E-state index in [1.807, 2.05) is 0 Å². The van der Waals surface area contributed by atoms with Gasteiger partial charge in [-0.2, -0.15) is 5.10 Å². The molecule has 0 atom stereocenters. The van der Waals surface area contributed by atoms with Gasteiger partial charge in [0, 0.05) is 13.6 Å². The highest BCUT2D eigenvalue weighted by molar-refractivity contribution is 5.59. The molecule has 0 unspecified atom stereocenters. The van der Waals surface area contributed by atoms with Crippen LogP contribution in [0, 0.1) is 22.5 Å². The Bertz CT molecular complexity index is 449. The Morgan fingerprint density at radius 1 is 1.59 bits per heavy atom. The number of aromatic nitrogens is 2. The molecule has 0 amide bonds. The molecule has 1 aliphatic carbocycles. The summed E-state index contributed by atoms with van der Waals surface area (Å²) >= 11 is 0. The molecule has 6 nitrogen and oxygen atoms in total. The Kier molecular flexibility index (Phi) is 2.81. The van der Waals surface area contributed by atoms with Gasteiger partial charge in [-0.05, 0) is 25.2 Å². The van der Waals surface area contributed by atoms with Gasteiger partial charge in [0.15, 0.2) is 0 Å². The van der Waals surface area contributed by atoms with Gasteiger partial charge in [-0.3, -0.25) is 10.1 Å². The van der Waals surface area contributed by atoms with E-state index in [9.17, 15) is 10.1 Å². The molecule has 1 heterocycles. The van der Waals surface area contributed by atoms with E-state index in [0.29, 0.717) is 11.5 Å². The first-order valence-electron chi connectivity index (χ1n) is 5.85. The molecule has 1 aromatic rings. The lowest BCUT2D eigenvalue weighted by Gasteiger charge is -2.38. The fraction of sp³-hybridized carbons (Fsp3) is 0.727. The van der Waals surface area contributed by atoms with Crippen LogP contribution < -0.4 is 5.32 Å². The molecule has 0 spiro atoms. The van der Waals surface area contributed by atoms with Crippen molar-refractivity contribution in [1.82, 2.24) is 9.78 Å². The first-order chi connectivity index (χ1) is 7.93. The maximum Gasteiger partial charge on any atom is 0.333 e. The largest absolute Gasteiger partial charge is 0.364 e. The van der Waals surface area contributed by atoms with Crippen molar-refractivity contribution in [2.24, 2.45) is 12.5 Å². The second-order valence-electron chi connectivity index (χ2n) is 5.18. The summed E-state index contributed by atoms with van der Waals surface area (Å²) in [5.74, 6) is 0.514. The second-order valence-corrected chi connectivity index (χ2v) is 5.18. The summed E-state index contributed by atoms with van der Waals surface area (Å²) in [6, 6.07) is 0. The van der Waals surface area contributed by atoms with E-state index in [1.165, 1.54) is 19.3 Å². The Labute approximate surface area is 100 Å². The summed E-state index contributed by atoms with van der Waals surface area (Å²) in [4.78, 5) is 10.6. The summed E-state index contributed by atoms with van der Waals surface area (Å²) in [5.41, 5.74) is 0.834. The van der Waals surface area contributed by atoms with Crippen molar-refractivity contribution in [2.45, 2.75) is 33.1 Å². The molecule has 0 saturated heterocycles. The number of nitro groups is 1. The van der Waals surface area contributed by atoms with Gasteiger partial charge in [-0.15, -0.1) is 0 Å². The number of hydrogen-bond acceptors (Lipinski definition) is 4. The lowest BCUT2D eigenvalue weighted by molar-refractivity contribution is -0.384. The first-order valence-corrected chi connectivity index (χ1v) is 5.85. The van der Waals surface area contributed by atoms with E-state index < -0.39 is 0 Å². The molecular weight excluding hydrogens is 220 g/mol. The lowest BCUT2D eigenvalue weighted by Crippen LogP contribution is -2.33. The van der Waals surface area contributed by atoms with Crippen LogP contribution in [0.2, 0.25) is 0 Å². The van der Waals surface area contributed by atoms with Crippen molar-refractivity contribution < 1.29 is 4.92 Å². The molecule has 0 radical (unpaired) electrons. The summed E-state index contributed by atoms with van der Waals surface area (Å²) in [6.45, 7) is 4.64. The van der Waals surface area contributed by atoms with Gasteiger partial charge in [0.05, 0.1) is 4.92 Å². The highest BCUT2D eigenvalue weighted by atomic mass is 16.6. The maximum absolute atomic E-state index is 11.0. The number of nitrogens with one attached hydrogen (secondary N) is 1. The number of nitrogens with zero attached hydrogens (tertiary/aromatic N) is 3. The van der Waals surface area contributed by atoms with Crippen LogP contribution in [0.3, 0.4) is 0 Å². The Morgan fingerprint density at radius 2 is 2.24 bits per heavy atom. The van der Waals surface area contributed by atoms with Crippen LogP contribution in [-0.4, -0.2) is 21.2 Å². The zero-order valence-corrected chi connectivity index (χ0v) is 10.5. The van der Waals surface area contributed by atoms with Crippen molar-refractivity contribution in [3.05, 3.63) is 15.8 Å². The van der Waals surface area contributed by atoms with Crippen LogP contribution in [0.25, 0.3) is 0 Å². The molecule has 0 bridgehead atoms. The fourth-order valence-corrected chi connectivity index (χ4v) is 2.32. The SMILES string of the molecule is Cc1nn(C)c(NCC2(C)CCC2)c1[N+](=O)[O-]. The average Bonchev–Trinajstić information content (AvgIpc) is 2.47. The molecule has 6 heteroatoms. The van der Waals surface area contributed by atoms with Crippen LogP contribution in [0.1, 0.15) is 31.9 Å². The smallest absolute Gasteiger partial charge is 0.333 e. The molecule has 1 saturated carbocycles. The second kappa shape index (κ2) is 4.01. The minimum absolute atomic E-state index is 0.0930. The minimum atomic E-state index is -0.367. The fourth-order valence-electron chi connectivity index (χ4n) is 2.32. The predicted molar refractivity (Wildman–Crippen MR) is 65.0 cm³/mol. The van der Waals surface area contributed by atoms with Crippen molar-refractivity contribution in [1.29, 1.82) is 0 Å². The van der Waals surface area contributed by atoms with E-state index in [0.717, 1.165) is 6.54 Å². The minimum Gasteiger partial charge on any atom is -0.364 e. The van der Waals surface area contributed by atoms with Crippen LogP contribution in [0.4, 0.5) is 11.5 Å². The van der Waals surface area contributed by atoms with Crippen LogP contribution in [0.15, 0.2) is 0 Å². The van der Waals surface area contributed by atoms with Gasteiger partial charge < -0.3 is 5.32 Å². The monoisotopic (exact) mass is 238 g/mol. The van der Waals surface area contributed by atoms with E-state index >= 15 is 0 Å². The summed E-state index contributed by atoms with van der Waals surface area (Å²) in [5, 5.41) is 18.3. The highest BCUT2D eigenvalue weighted by Crippen LogP contribution is 2.40. The summed E-state index contributed by atoms with van der Waals surface area (Å²) in [7, 11) is 1.73. The molecule has 94 valence electrons. The van der Waals surface area contributed by atoms with Crippen LogP contribution in [0.5, 0.6) is 0 Å². The molecule has 1 fully saturated rings. The van der Waals surface area contributed by atoms with Gasteiger partial charge in [-0.1, -0.05) is 13.3 Å². The molecule has 1 N–H and O–H groups in total. The molecular formula is C11H18N4O2. The van der Waals surface area contributed by atoms with E-state index in [2.05, 4.69) is 17.3 Å². The van der Waals surface area contributed by atoms with Crippen molar-refractivity contribution in [3.8, 4) is 0 Å². The number of rotatable bonds is 4. The van der Waals surface area contributed by atoms with Crippen molar-refractivity contribution in [3.63, 3.8) is 0 Å². The molecule has 17 heavy (non-hydrogen) atoms. The highest BCUT2D eigenvalue weighted by Gasteiger charge is 2.33. The van der Waals surface area contributed by atoms with E-state index in [-0.39, 0.29) is 16.0 Å². The number of anilines is 1. The van der Waals surface area contributed by atoms with Gasteiger partial charge in [0.2, 0.25) is 5.82 Å². The molecule has 0 aromatic carbocycles. The molecule has 2 rings (SSSR count). The maximum atomic E-state index is 11.0. The van der Waals surface area contributed by atoms with E-state index in [1.54, 1.807) is 18.7 Å². The predicted octanol–water partition coefficient (Wildman–Crippen LogP) is 2.24. The van der Waals surface area contributed by atoms with Crippen LogP contribution >= 0.6 is 0 Å². The first kappa shape index (κ1) is 11.9. The van der Waals surface area contributed by atoms with E-state index in [4.69, 9.17) is 0 Å². The number of hydrogen-bond donors (Lipinski definition) is 1. The third-order valence-electron chi connectivity index (χ3n) is 3.62. The Hall–Kier alpha value is -1.59. The average molecular weight is 238 g/mol. The van der Waals surface area contributed by atoms with Gasteiger partial charge >= 0.3 is 5.69 Å². The zero-order chi connectivity index (χ0) is 12.6. The van der Waals surface area contributed by atoms with Gasteiger partial charge in [0.1, 0.15) is 5.69 Å². The quantitative estimate of drug-likeness (QED) is 0.645. The van der Waals surface area contributed by atoms with Gasteiger partial charge in [-0.25, -0.2) is 4.68 Å². The Balaban J connectivity index is 2.17.